The summed E-state index contributed by atoms with van der Waals surface area (Å²) in [4.78, 5) is 14.7. The van der Waals surface area contributed by atoms with Gasteiger partial charge in [-0.05, 0) is 115 Å². The van der Waals surface area contributed by atoms with E-state index in [1.807, 2.05) is 0 Å². The Kier molecular flexibility index (Phi) is 13.3. The fourth-order valence-electron chi connectivity index (χ4n) is 14.4. The van der Waals surface area contributed by atoms with Gasteiger partial charge in [0.2, 0.25) is 6.29 Å². The first-order valence-electron chi connectivity index (χ1n) is 23.6. The van der Waals surface area contributed by atoms with E-state index in [0.29, 0.717) is 19.3 Å². The Bertz CT molecular complexity index is 1800. The maximum absolute atomic E-state index is 14.7. The second-order valence-electron chi connectivity index (χ2n) is 22.0. The van der Waals surface area contributed by atoms with Gasteiger partial charge in [0.15, 0.2) is 12.6 Å². The van der Waals surface area contributed by atoms with Gasteiger partial charge in [-0.3, -0.25) is 4.79 Å². The molecule has 3 heterocycles. The minimum Gasteiger partial charge on any atom is -0.432 e. The van der Waals surface area contributed by atoms with E-state index in [2.05, 4.69) is 54.5 Å². The Balaban J connectivity index is 1.04. The zero-order chi connectivity index (χ0) is 46.6. The van der Waals surface area contributed by atoms with Crippen LogP contribution in [0.5, 0.6) is 0 Å². The van der Waals surface area contributed by atoms with Crippen LogP contribution < -0.4 is 0 Å². The van der Waals surface area contributed by atoms with Crippen LogP contribution in [-0.2, 0) is 33.2 Å². The first-order valence-corrected chi connectivity index (χ1v) is 23.6. The molecule has 0 bridgehead atoms. The van der Waals surface area contributed by atoms with Crippen molar-refractivity contribution >= 4 is 5.97 Å². The van der Waals surface area contributed by atoms with Crippen molar-refractivity contribution in [2.75, 3.05) is 19.8 Å². The quantitative estimate of drug-likeness (QED) is 0.119. The van der Waals surface area contributed by atoms with Crippen LogP contribution in [0.15, 0.2) is 22.8 Å². The molecule has 0 amide bonds. The summed E-state index contributed by atoms with van der Waals surface area (Å²) in [5, 5.41) is 105. The zero-order valence-corrected chi connectivity index (χ0v) is 38.3. The van der Waals surface area contributed by atoms with Gasteiger partial charge in [-0.15, -0.1) is 0 Å². The van der Waals surface area contributed by atoms with Crippen molar-refractivity contribution < 1.29 is 84.3 Å². The minimum absolute atomic E-state index is 0.128. The van der Waals surface area contributed by atoms with E-state index in [1.54, 1.807) is 0 Å². The molecule has 5 aliphatic carbocycles. The first kappa shape index (κ1) is 48.8. The van der Waals surface area contributed by atoms with Crippen molar-refractivity contribution in [3.8, 4) is 0 Å². The highest BCUT2D eigenvalue weighted by Gasteiger charge is 2.69. The molecule has 0 aromatic carbocycles. The number of hydrogen-bond donors (Lipinski definition) is 10. The second kappa shape index (κ2) is 17.4. The van der Waals surface area contributed by atoms with Crippen molar-refractivity contribution in [1.29, 1.82) is 0 Å². The number of allylic oxidation sites excluding steroid dienone is 3. The molecule has 0 aromatic heterocycles. The smallest absolute Gasteiger partial charge is 0.318 e. The van der Waals surface area contributed by atoms with Gasteiger partial charge in [0.25, 0.3) is 0 Å². The van der Waals surface area contributed by atoms with Crippen LogP contribution in [0.1, 0.15) is 106 Å². The molecule has 64 heavy (non-hydrogen) atoms. The van der Waals surface area contributed by atoms with E-state index >= 15 is 0 Å². The van der Waals surface area contributed by atoms with Gasteiger partial charge in [0, 0.05) is 0 Å². The lowest BCUT2D eigenvalue weighted by atomic mass is 9.34. The molecule has 6 fully saturated rings. The van der Waals surface area contributed by atoms with Crippen LogP contribution in [-0.4, -0.2) is 169 Å². The molecule has 364 valence electrons. The Labute approximate surface area is 375 Å². The molecule has 10 N–H and O–H groups in total. The van der Waals surface area contributed by atoms with Crippen LogP contribution in [0, 0.1) is 44.8 Å². The summed E-state index contributed by atoms with van der Waals surface area (Å²) in [6.07, 6.45) is -12.2. The number of carbonyl (C=O) groups is 1. The lowest BCUT2D eigenvalue weighted by molar-refractivity contribution is -0.367. The van der Waals surface area contributed by atoms with E-state index in [9.17, 15) is 55.9 Å². The summed E-state index contributed by atoms with van der Waals surface area (Å²) < 4.78 is 36.0. The summed E-state index contributed by atoms with van der Waals surface area (Å²) in [5.74, 6) is 0.161. The van der Waals surface area contributed by atoms with Crippen molar-refractivity contribution in [2.24, 2.45) is 44.8 Å². The highest BCUT2D eigenvalue weighted by molar-refractivity contribution is 5.84. The van der Waals surface area contributed by atoms with Gasteiger partial charge in [0.05, 0.1) is 31.3 Å². The fourth-order valence-corrected chi connectivity index (χ4v) is 14.4. The number of esters is 1. The summed E-state index contributed by atoms with van der Waals surface area (Å²) >= 11 is 0. The molecule has 0 radical (unpaired) electrons. The van der Waals surface area contributed by atoms with Crippen molar-refractivity contribution in [2.45, 2.75) is 198 Å². The predicted octanol–water partition coefficient (Wildman–Crippen LogP) is 0.700. The molecule has 3 aliphatic heterocycles. The lowest BCUT2D eigenvalue weighted by Gasteiger charge is -2.70. The number of fused-ring (bicyclic) bond motifs is 7. The number of aliphatic hydroxyl groups is 10. The molecule has 3 saturated heterocycles. The van der Waals surface area contributed by atoms with E-state index in [-0.39, 0.29) is 46.7 Å². The first-order chi connectivity index (χ1) is 30.0. The molecule has 22 atom stereocenters. The third-order valence-electron chi connectivity index (χ3n) is 18.7. The summed E-state index contributed by atoms with van der Waals surface area (Å²) in [7, 11) is 0. The second-order valence-corrected chi connectivity index (χ2v) is 22.0. The monoisotopic (exact) mass is 910 g/mol. The van der Waals surface area contributed by atoms with Crippen molar-refractivity contribution in [3.63, 3.8) is 0 Å². The average Bonchev–Trinajstić information content (AvgIpc) is 3.25. The molecule has 17 heteroatoms. The molecule has 0 aromatic rings. The van der Waals surface area contributed by atoms with Gasteiger partial charge >= 0.3 is 5.97 Å². The molecular formula is C47H74O17. The van der Waals surface area contributed by atoms with Crippen LogP contribution in [0.4, 0.5) is 0 Å². The Morgan fingerprint density at radius 2 is 1.33 bits per heavy atom. The highest BCUT2D eigenvalue weighted by atomic mass is 16.8. The van der Waals surface area contributed by atoms with Crippen LogP contribution in [0.25, 0.3) is 0 Å². The van der Waals surface area contributed by atoms with Gasteiger partial charge in [-0.1, -0.05) is 53.2 Å². The van der Waals surface area contributed by atoms with Crippen LogP contribution in [0.2, 0.25) is 0 Å². The molecular weight excluding hydrogens is 836 g/mol. The molecule has 0 spiro atoms. The molecule has 0 unspecified atom stereocenters. The number of aliphatic hydroxyl groups excluding tert-OH is 10. The SMILES string of the molecule is CC1=C2C3=CC[C@@H]4[C@@]5(C)CC[C@H](O[C@@H]6OC[C@@H](O)[C@H](O)[C@H]6O[C@@H]6O[C@H](CO)[C@@H](O)[C@H](O)[C@H]6O)C(C)(C)[C@@H]5CC[C@@]4(C)[C@]3(C)CC[C@@]2(C(=O)O[C@@H]2O[C@H](CO)[C@@H](O)[C@H](O)[C@H]2O)CC[C@H]1C. The van der Waals surface area contributed by atoms with Crippen molar-refractivity contribution in [3.05, 3.63) is 22.8 Å². The summed E-state index contributed by atoms with van der Waals surface area (Å²) in [5.41, 5.74) is 1.34. The van der Waals surface area contributed by atoms with Gasteiger partial charge < -0.3 is 79.5 Å². The number of hydrogen-bond acceptors (Lipinski definition) is 17. The third kappa shape index (κ3) is 7.33. The van der Waals surface area contributed by atoms with Gasteiger partial charge in [-0.2, -0.15) is 0 Å². The minimum atomic E-state index is -1.73. The predicted molar refractivity (Wildman–Crippen MR) is 224 cm³/mol. The Morgan fingerprint density at radius 3 is 1.97 bits per heavy atom. The normalized spacial score (nSPS) is 52.7. The highest BCUT2D eigenvalue weighted by Crippen LogP contribution is 2.75. The van der Waals surface area contributed by atoms with Gasteiger partial charge in [0.1, 0.15) is 67.1 Å². The molecule has 8 aliphatic rings. The maximum Gasteiger partial charge on any atom is 0.318 e. The van der Waals surface area contributed by atoms with E-state index in [0.717, 1.165) is 49.7 Å². The number of rotatable bonds is 8. The third-order valence-corrected chi connectivity index (χ3v) is 18.7. The largest absolute Gasteiger partial charge is 0.432 e. The Hall–Kier alpha value is -1.65. The van der Waals surface area contributed by atoms with Crippen LogP contribution in [0.3, 0.4) is 0 Å². The van der Waals surface area contributed by atoms with Crippen LogP contribution >= 0.6 is 0 Å². The standard InChI is InChI=1S/C47H74O17/c1-21-10-15-47(42(58)64-40-37(57)35(55)33(53)26(19-49)61-40)17-16-45(6)23(30(47)22(21)2)8-9-28-44(5)13-12-29(43(3,4)27(44)11-14-46(28,45)7)62-41-38(31(51)24(50)20-59-41)63-39-36(56)34(54)32(52)25(18-48)60-39/h8,21,24-29,31-41,48-57H,9-20H2,1-7H3/t21-,24-,25-,26-,27+,28-,29+,31+,32-,33-,34+,35+,36-,37-,38-,39+,40+,41+,44+,45-,46-,47+/m1/s1. The Morgan fingerprint density at radius 1 is 0.703 bits per heavy atom. The average molecular weight is 911 g/mol. The van der Waals surface area contributed by atoms with Gasteiger partial charge in [-0.25, -0.2) is 0 Å². The van der Waals surface area contributed by atoms with Crippen molar-refractivity contribution in [1.82, 2.24) is 0 Å². The topological polar surface area (TPSA) is 275 Å². The lowest BCUT2D eigenvalue weighted by Crippen LogP contribution is -2.65. The zero-order valence-electron chi connectivity index (χ0n) is 38.3. The fraction of sp³-hybridized carbons (Fsp3) is 0.894. The summed E-state index contributed by atoms with van der Waals surface area (Å²) in [6, 6.07) is 0. The maximum atomic E-state index is 14.7. The molecule has 3 saturated carbocycles. The van der Waals surface area contributed by atoms with E-state index in [4.69, 9.17) is 28.4 Å². The van der Waals surface area contributed by atoms with E-state index in [1.165, 1.54) is 5.57 Å². The molecule has 8 rings (SSSR count). The molecule has 17 nitrogen and oxygen atoms in total. The number of ether oxygens (including phenoxy) is 6. The number of carbonyl (C=O) groups excluding carboxylic acids is 1. The van der Waals surface area contributed by atoms with E-state index < -0.39 is 116 Å². The summed E-state index contributed by atoms with van der Waals surface area (Å²) in [6.45, 7) is 14.4.